The van der Waals surface area contributed by atoms with Crippen molar-refractivity contribution in [1.29, 1.82) is 0 Å². The van der Waals surface area contributed by atoms with Crippen molar-refractivity contribution in [2.45, 2.75) is 76.6 Å². The third kappa shape index (κ3) is 10.8. The summed E-state index contributed by atoms with van der Waals surface area (Å²) in [6, 6.07) is 0. The molecule has 0 saturated carbocycles. The molecule has 0 rings (SSSR count). The Hall–Kier alpha value is -0.310. The van der Waals surface area contributed by atoms with Crippen LogP contribution in [0.2, 0.25) is 0 Å². The fraction of sp³-hybridized carbons (Fsp3) is 0.800. The normalized spacial score (nSPS) is 12.2. The SMILES string of the molecule is C=C(C)C(=O)OC(Br)CCCCCCCCCC. The van der Waals surface area contributed by atoms with Gasteiger partial charge in [0.15, 0.2) is 5.01 Å². The predicted octanol–water partition coefficient (Wildman–Crippen LogP) is 5.36. The second-order valence-electron chi connectivity index (χ2n) is 4.86. The summed E-state index contributed by atoms with van der Waals surface area (Å²) in [7, 11) is 0. The topological polar surface area (TPSA) is 26.3 Å². The lowest BCUT2D eigenvalue weighted by Gasteiger charge is -2.11. The van der Waals surface area contributed by atoms with Gasteiger partial charge < -0.3 is 4.74 Å². The van der Waals surface area contributed by atoms with Crippen LogP contribution in [-0.2, 0) is 9.53 Å². The lowest BCUT2D eigenvalue weighted by Crippen LogP contribution is -2.12. The minimum Gasteiger partial charge on any atom is -0.447 e. The molecule has 2 nitrogen and oxygen atoms in total. The molecule has 1 atom stereocenters. The summed E-state index contributed by atoms with van der Waals surface area (Å²) in [6.07, 6.45) is 11.2. The van der Waals surface area contributed by atoms with Crippen LogP contribution in [0.25, 0.3) is 0 Å². The highest BCUT2D eigenvalue weighted by molar-refractivity contribution is 9.09. The fourth-order valence-corrected chi connectivity index (χ4v) is 2.21. The fourth-order valence-electron chi connectivity index (χ4n) is 1.71. The van der Waals surface area contributed by atoms with Gasteiger partial charge >= 0.3 is 5.97 Å². The Labute approximate surface area is 120 Å². The standard InChI is InChI=1S/C15H27BrO2/c1-4-5-6-7-8-9-10-11-12-14(16)18-15(17)13(2)3/h14H,2,4-12H2,1,3H3. The molecule has 18 heavy (non-hydrogen) atoms. The van der Waals surface area contributed by atoms with Crippen LogP contribution in [0.1, 0.15) is 71.6 Å². The van der Waals surface area contributed by atoms with Crippen molar-refractivity contribution >= 4 is 21.9 Å². The van der Waals surface area contributed by atoms with Crippen molar-refractivity contribution < 1.29 is 9.53 Å². The highest BCUT2D eigenvalue weighted by atomic mass is 79.9. The molecule has 0 aliphatic carbocycles. The minimum absolute atomic E-state index is 0.165. The zero-order chi connectivity index (χ0) is 13.8. The Kier molecular flexibility index (Phi) is 11.6. The number of alkyl halides is 1. The molecule has 0 radical (unpaired) electrons. The van der Waals surface area contributed by atoms with E-state index in [1.807, 2.05) is 0 Å². The average Bonchev–Trinajstić information content (AvgIpc) is 2.32. The van der Waals surface area contributed by atoms with Crippen LogP contribution in [0.15, 0.2) is 12.2 Å². The van der Waals surface area contributed by atoms with Crippen LogP contribution < -0.4 is 0 Å². The molecule has 0 spiro atoms. The number of rotatable bonds is 11. The number of esters is 1. The third-order valence-corrected chi connectivity index (χ3v) is 3.51. The van der Waals surface area contributed by atoms with E-state index in [4.69, 9.17) is 4.74 Å². The number of carbonyl (C=O) groups excluding carboxylic acids is 1. The lowest BCUT2D eigenvalue weighted by atomic mass is 10.1. The van der Waals surface area contributed by atoms with Gasteiger partial charge in [-0.25, -0.2) is 4.79 Å². The molecule has 0 bridgehead atoms. The molecule has 0 amide bonds. The van der Waals surface area contributed by atoms with Crippen molar-refractivity contribution in [3.05, 3.63) is 12.2 Å². The van der Waals surface area contributed by atoms with Gasteiger partial charge in [0.1, 0.15) is 0 Å². The molecule has 1 unspecified atom stereocenters. The first-order valence-corrected chi connectivity index (χ1v) is 8.00. The average molecular weight is 319 g/mol. The van der Waals surface area contributed by atoms with Crippen LogP contribution in [0.4, 0.5) is 0 Å². The number of hydrogen-bond donors (Lipinski definition) is 0. The molecule has 0 fully saturated rings. The van der Waals surface area contributed by atoms with E-state index in [2.05, 4.69) is 29.4 Å². The smallest absolute Gasteiger partial charge is 0.334 e. The zero-order valence-corrected chi connectivity index (χ0v) is 13.4. The lowest BCUT2D eigenvalue weighted by molar-refractivity contribution is -0.140. The highest BCUT2D eigenvalue weighted by Gasteiger charge is 2.10. The summed E-state index contributed by atoms with van der Waals surface area (Å²) < 4.78 is 5.15. The second kappa shape index (κ2) is 11.8. The van der Waals surface area contributed by atoms with Gasteiger partial charge in [-0.3, -0.25) is 0 Å². The summed E-state index contributed by atoms with van der Waals surface area (Å²) in [6.45, 7) is 7.46. The highest BCUT2D eigenvalue weighted by Crippen LogP contribution is 2.15. The molecule has 0 N–H and O–H groups in total. The number of unbranched alkanes of at least 4 members (excludes halogenated alkanes) is 7. The van der Waals surface area contributed by atoms with Gasteiger partial charge in [0.2, 0.25) is 0 Å². The summed E-state index contributed by atoms with van der Waals surface area (Å²) in [5.41, 5.74) is 0.454. The Bertz CT molecular complexity index is 239. The van der Waals surface area contributed by atoms with E-state index >= 15 is 0 Å². The van der Waals surface area contributed by atoms with Crippen LogP contribution in [0, 0.1) is 0 Å². The summed E-state index contributed by atoms with van der Waals surface area (Å²) in [4.78, 5) is 11.2. The molecule has 0 aromatic carbocycles. The van der Waals surface area contributed by atoms with Crippen molar-refractivity contribution in [2.75, 3.05) is 0 Å². The van der Waals surface area contributed by atoms with E-state index in [1.165, 1.54) is 44.9 Å². The first-order valence-electron chi connectivity index (χ1n) is 7.08. The largest absolute Gasteiger partial charge is 0.447 e. The molecule has 0 aromatic heterocycles. The van der Waals surface area contributed by atoms with Crippen LogP contribution >= 0.6 is 15.9 Å². The zero-order valence-electron chi connectivity index (χ0n) is 11.8. The quantitative estimate of drug-likeness (QED) is 0.222. The number of carbonyl (C=O) groups is 1. The number of ether oxygens (including phenoxy) is 1. The van der Waals surface area contributed by atoms with Gasteiger partial charge in [-0.15, -0.1) is 0 Å². The van der Waals surface area contributed by atoms with Gasteiger partial charge in [-0.2, -0.15) is 0 Å². The molecule has 0 aliphatic heterocycles. The Morgan fingerprint density at radius 2 is 1.61 bits per heavy atom. The number of hydrogen-bond acceptors (Lipinski definition) is 2. The van der Waals surface area contributed by atoms with Gasteiger partial charge in [-0.05, 0) is 35.7 Å². The van der Waals surface area contributed by atoms with Crippen LogP contribution in [0.3, 0.4) is 0 Å². The van der Waals surface area contributed by atoms with E-state index < -0.39 is 0 Å². The molecular weight excluding hydrogens is 292 g/mol. The first-order chi connectivity index (χ1) is 8.57. The second-order valence-corrected chi connectivity index (χ2v) is 5.88. The predicted molar refractivity (Wildman–Crippen MR) is 80.8 cm³/mol. The maximum atomic E-state index is 11.2. The molecule has 0 heterocycles. The third-order valence-electron chi connectivity index (χ3n) is 2.87. The Morgan fingerprint density at radius 1 is 1.11 bits per heavy atom. The molecule has 0 saturated heterocycles. The Morgan fingerprint density at radius 3 is 2.11 bits per heavy atom. The summed E-state index contributed by atoms with van der Waals surface area (Å²) in [5.74, 6) is -0.309. The maximum Gasteiger partial charge on any atom is 0.334 e. The van der Waals surface area contributed by atoms with E-state index in [-0.39, 0.29) is 11.0 Å². The molecule has 0 aromatic rings. The van der Waals surface area contributed by atoms with Crippen molar-refractivity contribution in [3.8, 4) is 0 Å². The molecule has 3 heteroatoms. The van der Waals surface area contributed by atoms with E-state index in [0.717, 1.165) is 12.8 Å². The molecule has 0 aliphatic rings. The van der Waals surface area contributed by atoms with Crippen molar-refractivity contribution in [3.63, 3.8) is 0 Å². The maximum absolute atomic E-state index is 11.2. The molecular formula is C15H27BrO2. The van der Waals surface area contributed by atoms with E-state index in [9.17, 15) is 4.79 Å². The van der Waals surface area contributed by atoms with E-state index in [0.29, 0.717) is 5.57 Å². The van der Waals surface area contributed by atoms with Crippen LogP contribution in [-0.4, -0.2) is 11.0 Å². The first kappa shape index (κ1) is 17.7. The van der Waals surface area contributed by atoms with Gasteiger partial charge in [0.25, 0.3) is 0 Å². The summed E-state index contributed by atoms with van der Waals surface area (Å²) in [5, 5.41) is -0.165. The van der Waals surface area contributed by atoms with Gasteiger partial charge in [0, 0.05) is 5.57 Å². The summed E-state index contributed by atoms with van der Waals surface area (Å²) >= 11 is 3.37. The van der Waals surface area contributed by atoms with Gasteiger partial charge in [0.05, 0.1) is 0 Å². The number of halogens is 1. The monoisotopic (exact) mass is 318 g/mol. The van der Waals surface area contributed by atoms with Crippen molar-refractivity contribution in [1.82, 2.24) is 0 Å². The van der Waals surface area contributed by atoms with Gasteiger partial charge in [-0.1, -0.05) is 58.4 Å². The minimum atomic E-state index is -0.309. The Balaban J connectivity index is 3.32. The van der Waals surface area contributed by atoms with Crippen LogP contribution in [0.5, 0.6) is 0 Å². The molecule has 106 valence electrons. The van der Waals surface area contributed by atoms with Crippen molar-refractivity contribution in [2.24, 2.45) is 0 Å². The van der Waals surface area contributed by atoms with E-state index in [1.54, 1.807) is 6.92 Å².